The van der Waals surface area contributed by atoms with Gasteiger partial charge >= 0.3 is 0 Å². The number of hydrogen-bond donors (Lipinski definition) is 1. The van der Waals surface area contributed by atoms with Gasteiger partial charge in [-0.3, -0.25) is 0 Å². The van der Waals surface area contributed by atoms with Crippen LogP contribution in [0.5, 0.6) is 0 Å². The maximum atomic E-state index is 4.79. The molecule has 1 saturated heterocycles. The standard InChI is InChI=1S/C17H26N4/c1-4-21-16-8-6-5-7-15(16)19-17(21)12-18-14-9-10-20(3)13(2)11-14/h5-8,13-14,18H,4,9-12H2,1-3H3. The first kappa shape index (κ1) is 14.5. The number of para-hydroxylation sites is 2. The second-order valence-electron chi connectivity index (χ2n) is 6.19. The molecule has 3 rings (SSSR count). The Labute approximate surface area is 127 Å². The summed E-state index contributed by atoms with van der Waals surface area (Å²) < 4.78 is 2.32. The highest BCUT2D eigenvalue weighted by atomic mass is 15.2. The van der Waals surface area contributed by atoms with E-state index in [-0.39, 0.29) is 0 Å². The molecule has 0 amide bonds. The summed E-state index contributed by atoms with van der Waals surface area (Å²) in [6.45, 7) is 7.53. The van der Waals surface area contributed by atoms with Crippen LogP contribution in [0.4, 0.5) is 0 Å². The van der Waals surface area contributed by atoms with Gasteiger partial charge in [-0.2, -0.15) is 0 Å². The number of nitrogens with zero attached hydrogens (tertiary/aromatic N) is 3. The van der Waals surface area contributed by atoms with Gasteiger partial charge in [0, 0.05) is 18.6 Å². The van der Waals surface area contributed by atoms with Crippen molar-refractivity contribution in [2.24, 2.45) is 0 Å². The second kappa shape index (κ2) is 6.16. The number of imidazole rings is 1. The maximum absolute atomic E-state index is 4.79. The molecule has 21 heavy (non-hydrogen) atoms. The molecular weight excluding hydrogens is 260 g/mol. The Balaban J connectivity index is 1.70. The summed E-state index contributed by atoms with van der Waals surface area (Å²) in [5, 5.41) is 3.71. The summed E-state index contributed by atoms with van der Waals surface area (Å²) in [6.07, 6.45) is 2.45. The zero-order valence-electron chi connectivity index (χ0n) is 13.3. The molecule has 2 heterocycles. The Hall–Kier alpha value is -1.39. The molecule has 114 valence electrons. The van der Waals surface area contributed by atoms with E-state index in [9.17, 15) is 0 Å². The van der Waals surface area contributed by atoms with Crippen molar-refractivity contribution in [3.8, 4) is 0 Å². The lowest BCUT2D eigenvalue weighted by Gasteiger charge is -2.35. The Morgan fingerprint density at radius 2 is 2.14 bits per heavy atom. The summed E-state index contributed by atoms with van der Waals surface area (Å²) in [5.41, 5.74) is 2.35. The third kappa shape index (κ3) is 2.97. The molecule has 0 bridgehead atoms. The Kier molecular flexibility index (Phi) is 4.27. The summed E-state index contributed by atoms with van der Waals surface area (Å²) in [5.74, 6) is 1.16. The quantitative estimate of drug-likeness (QED) is 0.938. The van der Waals surface area contributed by atoms with Crippen molar-refractivity contribution in [2.45, 2.75) is 51.9 Å². The van der Waals surface area contributed by atoms with Gasteiger partial charge in [0.25, 0.3) is 0 Å². The molecule has 1 fully saturated rings. The third-order valence-corrected chi connectivity index (χ3v) is 4.81. The largest absolute Gasteiger partial charge is 0.327 e. The van der Waals surface area contributed by atoms with Gasteiger partial charge in [0.2, 0.25) is 0 Å². The molecule has 1 aromatic carbocycles. The number of benzene rings is 1. The lowest BCUT2D eigenvalue weighted by Crippen LogP contribution is -2.45. The zero-order chi connectivity index (χ0) is 14.8. The molecule has 0 saturated carbocycles. The molecule has 1 aromatic heterocycles. The first-order valence-electron chi connectivity index (χ1n) is 8.06. The third-order valence-electron chi connectivity index (χ3n) is 4.81. The van der Waals surface area contributed by atoms with E-state index in [0.717, 1.165) is 24.4 Å². The van der Waals surface area contributed by atoms with E-state index in [2.05, 4.69) is 59.9 Å². The Bertz CT molecular complexity index is 604. The number of aromatic nitrogens is 2. The van der Waals surface area contributed by atoms with Gasteiger partial charge in [-0.15, -0.1) is 0 Å². The highest BCUT2D eigenvalue weighted by Gasteiger charge is 2.22. The average Bonchev–Trinajstić information content (AvgIpc) is 2.86. The van der Waals surface area contributed by atoms with E-state index in [1.807, 2.05) is 0 Å². The fourth-order valence-electron chi connectivity index (χ4n) is 3.32. The fourth-order valence-corrected chi connectivity index (χ4v) is 3.32. The maximum Gasteiger partial charge on any atom is 0.123 e. The van der Waals surface area contributed by atoms with Gasteiger partial charge in [-0.05, 0) is 52.4 Å². The van der Waals surface area contributed by atoms with Crippen LogP contribution in [0, 0.1) is 0 Å². The minimum absolute atomic E-state index is 0.612. The van der Waals surface area contributed by atoms with E-state index in [0.29, 0.717) is 12.1 Å². The monoisotopic (exact) mass is 286 g/mol. The topological polar surface area (TPSA) is 33.1 Å². The molecular formula is C17H26N4. The van der Waals surface area contributed by atoms with E-state index in [1.54, 1.807) is 0 Å². The van der Waals surface area contributed by atoms with Gasteiger partial charge in [-0.1, -0.05) is 12.1 Å². The van der Waals surface area contributed by atoms with Crippen molar-refractivity contribution in [2.75, 3.05) is 13.6 Å². The minimum Gasteiger partial charge on any atom is -0.327 e. The lowest BCUT2D eigenvalue weighted by atomic mass is 9.99. The number of rotatable bonds is 4. The predicted octanol–water partition coefficient (Wildman–Crippen LogP) is 2.63. The number of fused-ring (bicyclic) bond motifs is 1. The van der Waals surface area contributed by atoms with Crippen LogP contribution < -0.4 is 5.32 Å². The number of nitrogens with one attached hydrogen (secondary N) is 1. The summed E-state index contributed by atoms with van der Waals surface area (Å²) in [7, 11) is 2.22. The fraction of sp³-hybridized carbons (Fsp3) is 0.588. The smallest absolute Gasteiger partial charge is 0.123 e. The number of piperidine rings is 1. The summed E-state index contributed by atoms with van der Waals surface area (Å²) >= 11 is 0. The average molecular weight is 286 g/mol. The van der Waals surface area contributed by atoms with E-state index in [4.69, 9.17) is 4.98 Å². The van der Waals surface area contributed by atoms with Crippen molar-refractivity contribution in [1.82, 2.24) is 19.8 Å². The van der Waals surface area contributed by atoms with Gasteiger partial charge in [0.15, 0.2) is 0 Å². The van der Waals surface area contributed by atoms with Gasteiger partial charge in [-0.25, -0.2) is 4.98 Å². The molecule has 0 aliphatic carbocycles. The number of aryl methyl sites for hydroxylation is 1. The van der Waals surface area contributed by atoms with Crippen molar-refractivity contribution < 1.29 is 0 Å². The highest BCUT2D eigenvalue weighted by molar-refractivity contribution is 5.75. The van der Waals surface area contributed by atoms with Crippen LogP contribution in [0.2, 0.25) is 0 Å². The molecule has 0 spiro atoms. The minimum atomic E-state index is 0.612. The van der Waals surface area contributed by atoms with Crippen LogP contribution >= 0.6 is 0 Å². The van der Waals surface area contributed by atoms with Gasteiger partial charge in [0.1, 0.15) is 5.82 Å². The predicted molar refractivity (Wildman–Crippen MR) is 87.4 cm³/mol. The van der Waals surface area contributed by atoms with Crippen LogP contribution in [-0.2, 0) is 13.1 Å². The normalized spacial score (nSPS) is 23.8. The molecule has 4 nitrogen and oxygen atoms in total. The summed E-state index contributed by atoms with van der Waals surface area (Å²) in [4.78, 5) is 7.24. The molecule has 1 aliphatic rings. The van der Waals surface area contributed by atoms with Crippen molar-refractivity contribution in [3.63, 3.8) is 0 Å². The van der Waals surface area contributed by atoms with Crippen LogP contribution in [0.15, 0.2) is 24.3 Å². The molecule has 4 heteroatoms. The van der Waals surface area contributed by atoms with E-state index >= 15 is 0 Å². The van der Waals surface area contributed by atoms with Crippen molar-refractivity contribution >= 4 is 11.0 Å². The summed E-state index contributed by atoms with van der Waals surface area (Å²) in [6, 6.07) is 9.69. The molecule has 1 N–H and O–H groups in total. The second-order valence-corrected chi connectivity index (χ2v) is 6.19. The zero-order valence-corrected chi connectivity index (χ0v) is 13.3. The SMILES string of the molecule is CCn1c(CNC2CCN(C)C(C)C2)nc2ccccc21. The molecule has 1 aliphatic heterocycles. The first-order chi connectivity index (χ1) is 10.2. The van der Waals surface area contributed by atoms with Crippen LogP contribution in [0.3, 0.4) is 0 Å². The van der Waals surface area contributed by atoms with Crippen LogP contribution in [0.1, 0.15) is 32.5 Å². The van der Waals surface area contributed by atoms with Crippen LogP contribution in [-0.4, -0.2) is 40.1 Å². The number of likely N-dealkylation sites (tertiary alicyclic amines) is 1. The lowest BCUT2D eigenvalue weighted by molar-refractivity contribution is 0.167. The van der Waals surface area contributed by atoms with E-state index in [1.165, 1.54) is 24.9 Å². The van der Waals surface area contributed by atoms with E-state index < -0.39 is 0 Å². The number of hydrogen-bond acceptors (Lipinski definition) is 3. The Morgan fingerprint density at radius 3 is 2.90 bits per heavy atom. The first-order valence-corrected chi connectivity index (χ1v) is 8.06. The van der Waals surface area contributed by atoms with Gasteiger partial charge in [0.05, 0.1) is 17.6 Å². The highest BCUT2D eigenvalue weighted by Crippen LogP contribution is 2.18. The van der Waals surface area contributed by atoms with Gasteiger partial charge < -0.3 is 14.8 Å². The molecule has 0 radical (unpaired) electrons. The molecule has 2 atom stereocenters. The van der Waals surface area contributed by atoms with Crippen molar-refractivity contribution in [3.05, 3.63) is 30.1 Å². The Morgan fingerprint density at radius 1 is 1.33 bits per heavy atom. The molecule has 2 aromatic rings. The van der Waals surface area contributed by atoms with Crippen molar-refractivity contribution in [1.29, 1.82) is 0 Å². The van der Waals surface area contributed by atoms with Crippen LogP contribution in [0.25, 0.3) is 11.0 Å². The molecule has 2 unspecified atom stereocenters.